The normalized spacial score (nSPS) is 17.0. The van der Waals surface area contributed by atoms with Gasteiger partial charge in [-0.3, -0.25) is 43.3 Å². The fourth-order valence-corrected chi connectivity index (χ4v) is 9.17. The van der Waals surface area contributed by atoms with Gasteiger partial charge in [0.15, 0.2) is 11.9 Å². The van der Waals surface area contributed by atoms with Crippen LogP contribution in [0.5, 0.6) is 5.75 Å². The number of phenolic OH excluding ortho intramolecular Hbond substituents is 1. The van der Waals surface area contributed by atoms with Gasteiger partial charge in [0.05, 0.1) is 23.7 Å². The van der Waals surface area contributed by atoms with Crippen molar-refractivity contribution < 1.29 is 53.3 Å². The van der Waals surface area contributed by atoms with Crippen molar-refractivity contribution in [1.29, 1.82) is 0 Å². The highest BCUT2D eigenvalue weighted by molar-refractivity contribution is 7.09. The van der Waals surface area contributed by atoms with Crippen LogP contribution in [0, 0.1) is 17.8 Å². The number of anilines is 1. The third-order valence-corrected chi connectivity index (χ3v) is 13.7. The number of rotatable bonds is 24. The molecule has 67 heavy (non-hydrogen) atoms. The van der Waals surface area contributed by atoms with E-state index >= 15 is 0 Å². The van der Waals surface area contributed by atoms with E-state index in [0.29, 0.717) is 17.0 Å². The standard InChI is InChI=1S/C48H69N7O11S/c1-10-29(4)42(52-47(65)48(7,8)55-20-11-12-21-55)45(62)53(9)37(28(2)3)25-39(66-31(6)56)44-51-36(27-67-44)43(61)49-33(22-30(5)46(63)64)23-32-15-17-38(58)35(24-32)50-40(59)14-13-19-54-26-34(57)16-18-41(54)60/h15-18,24,27-30,33,37,39,42,58H,10-14,19-23,25-26H2,1-9H3,(H,49,61)(H,50,59)(H,52,65)(H,63,64)/t29-,30?,33+,37+,39+,42-/m0/s1. The fourth-order valence-electron chi connectivity index (χ4n) is 8.34. The predicted octanol–water partition coefficient (Wildman–Crippen LogP) is 4.87. The number of carbonyl (C=O) groups excluding carboxylic acids is 7. The van der Waals surface area contributed by atoms with E-state index in [1.54, 1.807) is 18.0 Å². The number of carboxylic acids is 1. The van der Waals surface area contributed by atoms with E-state index in [1.165, 1.54) is 48.4 Å². The van der Waals surface area contributed by atoms with Gasteiger partial charge in [-0.2, -0.15) is 0 Å². The second kappa shape index (κ2) is 24.4. The molecule has 368 valence electrons. The van der Waals surface area contributed by atoms with Crippen LogP contribution in [-0.2, 0) is 44.7 Å². The third kappa shape index (κ3) is 15.2. The summed E-state index contributed by atoms with van der Waals surface area (Å²) in [7, 11) is 1.68. The number of nitrogens with zero attached hydrogens (tertiary/aromatic N) is 4. The summed E-state index contributed by atoms with van der Waals surface area (Å²) in [5, 5.41) is 30.8. The first-order chi connectivity index (χ1) is 31.5. The SMILES string of the molecule is CC[C@H](C)[C@H](NC(=O)C(C)(C)N1CCCC1)C(=O)N(C)[C@H](C[C@@H](OC(C)=O)c1nc(C(=O)N[C@@H](Cc2ccc(O)c(NC(=O)CCCN3CC(=O)C=CC3=O)c2)CC(C)C(=O)O)cs1)C(C)C. The number of phenols is 1. The number of nitrogens with one attached hydrogen (secondary N) is 3. The van der Waals surface area contributed by atoms with Crippen molar-refractivity contribution in [1.82, 2.24) is 30.3 Å². The zero-order valence-electron chi connectivity index (χ0n) is 40.3. The largest absolute Gasteiger partial charge is 0.506 e. The minimum Gasteiger partial charge on any atom is -0.506 e. The average molecular weight is 952 g/mol. The first-order valence-corrected chi connectivity index (χ1v) is 24.0. The molecule has 1 aromatic heterocycles. The van der Waals surface area contributed by atoms with Crippen LogP contribution in [-0.4, -0.2) is 134 Å². The van der Waals surface area contributed by atoms with E-state index in [0.717, 1.165) is 37.3 Å². The summed E-state index contributed by atoms with van der Waals surface area (Å²) in [5.41, 5.74) is -0.140. The number of aromatic nitrogens is 1. The van der Waals surface area contributed by atoms with Gasteiger partial charge in [0, 0.05) is 56.9 Å². The number of carbonyl (C=O) groups is 8. The molecular weight excluding hydrogens is 883 g/mol. The van der Waals surface area contributed by atoms with Gasteiger partial charge in [-0.1, -0.05) is 47.1 Å². The first-order valence-electron chi connectivity index (χ1n) is 23.1. The first kappa shape index (κ1) is 53.9. The van der Waals surface area contributed by atoms with Crippen LogP contribution >= 0.6 is 11.3 Å². The van der Waals surface area contributed by atoms with Crippen molar-refractivity contribution in [2.45, 2.75) is 137 Å². The van der Waals surface area contributed by atoms with Crippen LogP contribution in [0.15, 0.2) is 35.7 Å². The Morgan fingerprint density at radius 1 is 1.00 bits per heavy atom. The van der Waals surface area contributed by atoms with Gasteiger partial charge < -0.3 is 40.7 Å². The molecule has 3 heterocycles. The predicted molar refractivity (Wildman–Crippen MR) is 252 cm³/mol. The maximum atomic E-state index is 14.4. The van der Waals surface area contributed by atoms with Crippen molar-refractivity contribution in [3.63, 3.8) is 0 Å². The number of benzene rings is 1. The molecule has 5 amide bonds. The van der Waals surface area contributed by atoms with Crippen LogP contribution in [0.3, 0.4) is 0 Å². The monoisotopic (exact) mass is 951 g/mol. The van der Waals surface area contributed by atoms with Crippen molar-refractivity contribution >= 4 is 64.3 Å². The van der Waals surface area contributed by atoms with Crippen molar-refractivity contribution in [2.75, 3.05) is 38.5 Å². The van der Waals surface area contributed by atoms with Crippen LogP contribution in [0.4, 0.5) is 5.69 Å². The van der Waals surface area contributed by atoms with Gasteiger partial charge in [0.2, 0.25) is 23.6 Å². The second-order valence-corrected chi connectivity index (χ2v) is 19.6. The van der Waals surface area contributed by atoms with Gasteiger partial charge in [0.1, 0.15) is 22.5 Å². The highest BCUT2D eigenvalue weighted by atomic mass is 32.1. The zero-order chi connectivity index (χ0) is 49.7. The molecule has 0 aliphatic carbocycles. The summed E-state index contributed by atoms with van der Waals surface area (Å²) in [6.45, 7) is 16.1. The van der Waals surface area contributed by atoms with Crippen LogP contribution in [0.25, 0.3) is 0 Å². The Bertz CT molecular complexity index is 2150. The lowest BCUT2D eigenvalue weighted by atomic mass is 9.92. The fraction of sp³-hybridized carbons (Fsp3) is 0.604. The molecular formula is C48H69N7O11S. The lowest BCUT2D eigenvalue weighted by Gasteiger charge is -2.39. The van der Waals surface area contributed by atoms with E-state index in [9.17, 15) is 48.6 Å². The maximum absolute atomic E-state index is 14.4. The molecule has 19 heteroatoms. The molecule has 2 aliphatic heterocycles. The van der Waals surface area contributed by atoms with Gasteiger partial charge >= 0.3 is 11.9 Å². The van der Waals surface area contributed by atoms with Crippen molar-refractivity contribution in [3.05, 3.63) is 52.0 Å². The number of likely N-dealkylation sites (tertiary alicyclic amines) is 1. The molecule has 2 aliphatic rings. The number of aromatic hydroxyl groups is 1. The van der Waals surface area contributed by atoms with Gasteiger partial charge in [-0.05, 0) is 94.6 Å². The number of likely N-dealkylation sites (N-methyl/N-ethyl adjacent to an activating group) is 1. The summed E-state index contributed by atoms with van der Waals surface area (Å²) in [6, 6.07) is 2.46. The van der Waals surface area contributed by atoms with Crippen LogP contribution in [0.1, 0.15) is 127 Å². The van der Waals surface area contributed by atoms with E-state index in [1.807, 2.05) is 41.5 Å². The number of amides is 5. The number of ether oxygens (including phenoxy) is 1. The number of carboxylic acid groups (broad SMARTS) is 1. The molecule has 0 spiro atoms. The number of hydrogen-bond acceptors (Lipinski definition) is 13. The molecule has 1 aromatic carbocycles. The molecule has 0 bridgehead atoms. The molecule has 0 radical (unpaired) electrons. The molecule has 1 saturated heterocycles. The van der Waals surface area contributed by atoms with Crippen molar-refractivity contribution in [3.8, 4) is 5.75 Å². The molecule has 0 saturated carbocycles. The number of thiazole rings is 1. The van der Waals surface area contributed by atoms with E-state index in [2.05, 4.69) is 25.8 Å². The average Bonchev–Trinajstić information content (AvgIpc) is 4.00. The van der Waals surface area contributed by atoms with Crippen LogP contribution < -0.4 is 16.0 Å². The second-order valence-electron chi connectivity index (χ2n) is 18.7. The Balaban J connectivity index is 1.48. The van der Waals surface area contributed by atoms with Crippen molar-refractivity contribution in [2.24, 2.45) is 17.8 Å². The Labute approximate surface area is 397 Å². The summed E-state index contributed by atoms with van der Waals surface area (Å²) >= 11 is 1.10. The smallest absolute Gasteiger partial charge is 0.306 e. The van der Waals surface area contributed by atoms with E-state index in [-0.39, 0.29) is 97.7 Å². The van der Waals surface area contributed by atoms with Gasteiger partial charge in [-0.15, -0.1) is 11.3 Å². The maximum Gasteiger partial charge on any atom is 0.306 e. The topological polar surface area (TPSA) is 245 Å². The molecule has 5 N–H and O–H groups in total. The highest BCUT2D eigenvalue weighted by Crippen LogP contribution is 2.32. The molecule has 18 nitrogen and oxygen atoms in total. The quantitative estimate of drug-likeness (QED) is 0.0698. The van der Waals surface area contributed by atoms with E-state index < -0.39 is 59.4 Å². The van der Waals surface area contributed by atoms with E-state index in [4.69, 9.17) is 4.74 Å². The summed E-state index contributed by atoms with van der Waals surface area (Å²) in [5.74, 6) is -5.13. The minimum atomic E-state index is -1.07. The number of hydrogen-bond donors (Lipinski definition) is 5. The number of esters is 1. The molecule has 4 rings (SSSR count). The zero-order valence-corrected chi connectivity index (χ0v) is 41.1. The minimum absolute atomic E-state index is 0.00104. The summed E-state index contributed by atoms with van der Waals surface area (Å²) in [6.07, 6.45) is 4.67. The molecule has 1 unspecified atom stereocenters. The summed E-state index contributed by atoms with van der Waals surface area (Å²) < 4.78 is 5.80. The summed E-state index contributed by atoms with van der Waals surface area (Å²) in [4.78, 5) is 113. The molecule has 2 aromatic rings. The number of aliphatic carboxylic acids is 1. The molecule has 1 fully saturated rings. The van der Waals surface area contributed by atoms with Crippen LogP contribution in [0.2, 0.25) is 0 Å². The molecule has 6 atom stereocenters. The number of ketones is 1. The Morgan fingerprint density at radius 3 is 2.31 bits per heavy atom. The Kier molecular flexibility index (Phi) is 19.6. The lowest BCUT2D eigenvalue weighted by Crippen LogP contribution is -2.60. The third-order valence-electron chi connectivity index (χ3n) is 12.7. The Morgan fingerprint density at radius 2 is 1.69 bits per heavy atom. The Hall–Kier alpha value is -5.69. The van der Waals surface area contributed by atoms with Gasteiger partial charge in [0.25, 0.3) is 5.91 Å². The highest BCUT2D eigenvalue weighted by Gasteiger charge is 2.41. The lowest BCUT2D eigenvalue weighted by molar-refractivity contribution is -0.149. The van der Waals surface area contributed by atoms with Gasteiger partial charge in [-0.25, -0.2) is 4.98 Å².